The molecule has 0 radical (unpaired) electrons. The Morgan fingerprint density at radius 3 is 2.33 bits per heavy atom. The molecule has 0 saturated heterocycles. The summed E-state index contributed by atoms with van der Waals surface area (Å²) in [6.45, 7) is 7.44. The molecule has 0 heterocycles. The summed E-state index contributed by atoms with van der Waals surface area (Å²) in [5.74, 6) is 0.499. The molecule has 84 valence electrons. The maximum atomic E-state index is 12.6. The highest BCUT2D eigenvalue weighted by atomic mass is 19.1. The molecule has 1 rings (SSSR count). The summed E-state index contributed by atoms with van der Waals surface area (Å²) in [7, 11) is 0. The lowest BCUT2D eigenvalue weighted by Crippen LogP contribution is -2.31. The Balaban J connectivity index is 2.40. The fourth-order valence-corrected chi connectivity index (χ4v) is 1.44. The van der Waals surface area contributed by atoms with E-state index in [1.807, 2.05) is 12.1 Å². The number of nitrogens with one attached hydrogen (secondary N) is 1. The van der Waals surface area contributed by atoms with Gasteiger partial charge in [0.15, 0.2) is 0 Å². The second-order valence-corrected chi connectivity index (χ2v) is 4.18. The second kappa shape index (κ2) is 5.86. The van der Waals surface area contributed by atoms with Gasteiger partial charge in [-0.15, -0.1) is 0 Å². The highest BCUT2D eigenvalue weighted by Gasteiger charge is 2.08. The Hall–Kier alpha value is -0.890. The van der Waals surface area contributed by atoms with Crippen molar-refractivity contribution in [1.29, 1.82) is 0 Å². The molecule has 15 heavy (non-hydrogen) atoms. The van der Waals surface area contributed by atoms with Crippen LogP contribution in [0.5, 0.6) is 0 Å². The Morgan fingerprint density at radius 2 is 1.80 bits per heavy atom. The number of hydrogen-bond donors (Lipinski definition) is 1. The van der Waals surface area contributed by atoms with Crippen LogP contribution in [0.2, 0.25) is 0 Å². The molecule has 0 bridgehead atoms. The van der Waals surface area contributed by atoms with E-state index >= 15 is 0 Å². The van der Waals surface area contributed by atoms with E-state index in [4.69, 9.17) is 0 Å². The van der Waals surface area contributed by atoms with E-state index in [1.54, 1.807) is 0 Å². The van der Waals surface area contributed by atoms with Gasteiger partial charge < -0.3 is 5.32 Å². The minimum absolute atomic E-state index is 0.172. The van der Waals surface area contributed by atoms with E-state index in [-0.39, 0.29) is 5.82 Å². The zero-order chi connectivity index (χ0) is 11.3. The number of benzene rings is 1. The van der Waals surface area contributed by atoms with Gasteiger partial charge in [0.05, 0.1) is 0 Å². The summed E-state index contributed by atoms with van der Waals surface area (Å²) in [6.07, 6.45) is 1.18. The van der Waals surface area contributed by atoms with Crippen LogP contribution in [0.3, 0.4) is 0 Å². The molecule has 0 aromatic heterocycles. The standard InChI is InChI=1S/C13H20FN/c1-4-10(2)11(3)15-9-12-5-7-13(14)8-6-12/h5-8,10-11,15H,4,9H2,1-3H3/t10-,11+/m0/s1. The van der Waals surface area contributed by atoms with Gasteiger partial charge in [0.25, 0.3) is 0 Å². The third-order valence-corrected chi connectivity index (χ3v) is 3.04. The van der Waals surface area contributed by atoms with Crippen molar-refractivity contribution < 1.29 is 4.39 Å². The van der Waals surface area contributed by atoms with E-state index in [9.17, 15) is 4.39 Å². The monoisotopic (exact) mass is 209 g/mol. The summed E-state index contributed by atoms with van der Waals surface area (Å²) in [6, 6.07) is 7.16. The molecule has 0 fully saturated rings. The van der Waals surface area contributed by atoms with E-state index in [1.165, 1.54) is 18.6 Å². The van der Waals surface area contributed by atoms with Crippen molar-refractivity contribution in [2.75, 3.05) is 0 Å². The Labute approximate surface area is 91.7 Å². The maximum Gasteiger partial charge on any atom is 0.123 e. The molecule has 0 aliphatic rings. The Morgan fingerprint density at radius 1 is 1.20 bits per heavy atom. The first-order valence-electron chi connectivity index (χ1n) is 5.61. The third-order valence-electron chi connectivity index (χ3n) is 3.04. The van der Waals surface area contributed by atoms with Gasteiger partial charge in [-0.1, -0.05) is 32.4 Å². The van der Waals surface area contributed by atoms with Crippen LogP contribution in [0, 0.1) is 11.7 Å². The van der Waals surface area contributed by atoms with Crippen molar-refractivity contribution in [3.63, 3.8) is 0 Å². The molecule has 0 aliphatic carbocycles. The molecule has 0 saturated carbocycles. The lowest BCUT2D eigenvalue weighted by Gasteiger charge is -2.19. The predicted molar refractivity (Wildman–Crippen MR) is 62.2 cm³/mol. The van der Waals surface area contributed by atoms with E-state index in [0.717, 1.165) is 12.1 Å². The van der Waals surface area contributed by atoms with Gasteiger partial charge in [0.1, 0.15) is 5.82 Å². The van der Waals surface area contributed by atoms with Gasteiger partial charge in [-0.05, 0) is 30.5 Å². The molecule has 2 heteroatoms. The van der Waals surface area contributed by atoms with Crippen molar-refractivity contribution in [1.82, 2.24) is 5.32 Å². The predicted octanol–water partition coefficient (Wildman–Crippen LogP) is 3.35. The van der Waals surface area contributed by atoms with Crippen LogP contribution in [0.4, 0.5) is 4.39 Å². The van der Waals surface area contributed by atoms with Crippen LogP contribution in [0.1, 0.15) is 32.8 Å². The van der Waals surface area contributed by atoms with Gasteiger partial charge in [-0.3, -0.25) is 0 Å². The fourth-order valence-electron chi connectivity index (χ4n) is 1.44. The largest absolute Gasteiger partial charge is 0.310 e. The lowest BCUT2D eigenvalue weighted by atomic mass is 10.0. The average Bonchev–Trinajstić information content (AvgIpc) is 2.26. The number of halogens is 1. The van der Waals surface area contributed by atoms with Crippen LogP contribution in [-0.2, 0) is 6.54 Å². The van der Waals surface area contributed by atoms with Crippen molar-refractivity contribution in [3.05, 3.63) is 35.6 Å². The summed E-state index contributed by atoms with van der Waals surface area (Å²) in [5.41, 5.74) is 1.13. The summed E-state index contributed by atoms with van der Waals surface area (Å²) in [4.78, 5) is 0. The van der Waals surface area contributed by atoms with E-state index in [0.29, 0.717) is 12.0 Å². The molecule has 1 nitrogen and oxygen atoms in total. The van der Waals surface area contributed by atoms with Crippen LogP contribution in [-0.4, -0.2) is 6.04 Å². The highest BCUT2D eigenvalue weighted by Crippen LogP contribution is 2.08. The van der Waals surface area contributed by atoms with Crippen LogP contribution in [0.25, 0.3) is 0 Å². The fraction of sp³-hybridized carbons (Fsp3) is 0.538. The van der Waals surface area contributed by atoms with Crippen LogP contribution < -0.4 is 5.32 Å². The summed E-state index contributed by atoms with van der Waals surface area (Å²) >= 11 is 0. The molecule has 0 spiro atoms. The first kappa shape index (κ1) is 12.2. The van der Waals surface area contributed by atoms with Gasteiger partial charge in [-0.2, -0.15) is 0 Å². The average molecular weight is 209 g/mol. The van der Waals surface area contributed by atoms with Gasteiger partial charge >= 0.3 is 0 Å². The van der Waals surface area contributed by atoms with Crippen molar-refractivity contribution >= 4 is 0 Å². The van der Waals surface area contributed by atoms with Gasteiger partial charge in [0.2, 0.25) is 0 Å². The molecular formula is C13H20FN. The lowest BCUT2D eigenvalue weighted by molar-refractivity contribution is 0.389. The molecule has 0 amide bonds. The molecule has 1 aromatic rings. The van der Waals surface area contributed by atoms with Crippen molar-refractivity contribution in [3.8, 4) is 0 Å². The zero-order valence-electron chi connectivity index (χ0n) is 9.76. The second-order valence-electron chi connectivity index (χ2n) is 4.18. The first-order chi connectivity index (χ1) is 7.13. The minimum atomic E-state index is -0.172. The highest BCUT2D eigenvalue weighted by molar-refractivity contribution is 5.15. The summed E-state index contributed by atoms with van der Waals surface area (Å²) in [5, 5.41) is 3.45. The molecule has 2 atom stereocenters. The minimum Gasteiger partial charge on any atom is -0.310 e. The summed E-state index contributed by atoms with van der Waals surface area (Å²) < 4.78 is 12.6. The van der Waals surface area contributed by atoms with Crippen molar-refractivity contribution in [2.45, 2.75) is 39.8 Å². The first-order valence-corrected chi connectivity index (χ1v) is 5.61. The zero-order valence-corrected chi connectivity index (χ0v) is 9.76. The molecule has 0 aliphatic heterocycles. The molecular weight excluding hydrogens is 189 g/mol. The quantitative estimate of drug-likeness (QED) is 0.784. The van der Waals surface area contributed by atoms with E-state index in [2.05, 4.69) is 26.1 Å². The van der Waals surface area contributed by atoms with Crippen molar-refractivity contribution in [2.24, 2.45) is 5.92 Å². The molecule has 1 N–H and O–H groups in total. The smallest absolute Gasteiger partial charge is 0.123 e. The third kappa shape index (κ3) is 4.00. The van der Waals surface area contributed by atoms with Gasteiger partial charge in [-0.25, -0.2) is 4.39 Å². The maximum absolute atomic E-state index is 12.6. The van der Waals surface area contributed by atoms with Crippen LogP contribution >= 0.6 is 0 Å². The van der Waals surface area contributed by atoms with E-state index < -0.39 is 0 Å². The molecule has 0 unspecified atom stereocenters. The van der Waals surface area contributed by atoms with Gasteiger partial charge in [0, 0.05) is 12.6 Å². The van der Waals surface area contributed by atoms with Crippen LogP contribution in [0.15, 0.2) is 24.3 Å². The number of rotatable bonds is 5. The normalized spacial score (nSPS) is 14.9. The topological polar surface area (TPSA) is 12.0 Å². The SMILES string of the molecule is CC[C@H](C)[C@@H](C)NCc1ccc(F)cc1. The molecule has 1 aromatic carbocycles. The Kier molecular flexibility index (Phi) is 4.76. The number of hydrogen-bond acceptors (Lipinski definition) is 1. The Bertz CT molecular complexity index is 281.